The van der Waals surface area contributed by atoms with Crippen LogP contribution in [0, 0.1) is 11.3 Å². The molecule has 0 aliphatic rings. The molecule has 20 heavy (non-hydrogen) atoms. The average Bonchev–Trinajstić information content (AvgIpc) is 2.43. The molecule has 6 nitrogen and oxygen atoms in total. The summed E-state index contributed by atoms with van der Waals surface area (Å²) in [6, 6.07) is 8.33. The minimum absolute atomic E-state index is 0.176. The quantitative estimate of drug-likeness (QED) is 0.727. The molecule has 0 saturated heterocycles. The van der Waals surface area contributed by atoms with Gasteiger partial charge in [0.05, 0.1) is 24.5 Å². The minimum atomic E-state index is -3.63. The molecular formula is C13H16N2O4S. The van der Waals surface area contributed by atoms with Gasteiger partial charge in [0.1, 0.15) is 6.54 Å². The lowest BCUT2D eigenvalue weighted by molar-refractivity contribution is -0.140. The van der Waals surface area contributed by atoms with Crippen LogP contribution >= 0.6 is 0 Å². The zero-order valence-corrected chi connectivity index (χ0v) is 12.2. The van der Waals surface area contributed by atoms with Crippen LogP contribution in [0.4, 0.5) is 0 Å². The van der Waals surface area contributed by atoms with Crippen molar-refractivity contribution in [3.8, 4) is 6.07 Å². The van der Waals surface area contributed by atoms with Gasteiger partial charge in [-0.3, -0.25) is 4.79 Å². The highest BCUT2D eigenvalue weighted by Crippen LogP contribution is 2.12. The molecule has 0 radical (unpaired) electrons. The molecular weight excluding hydrogens is 280 g/mol. The van der Waals surface area contributed by atoms with Crippen LogP contribution in [0.3, 0.4) is 0 Å². The van der Waals surface area contributed by atoms with Gasteiger partial charge in [-0.15, -0.1) is 0 Å². The van der Waals surface area contributed by atoms with E-state index in [2.05, 4.69) is 4.74 Å². The van der Waals surface area contributed by atoms with Crippen LogP contribution in [0.5, 0.6) is 0 Å². The normalized spacial score (nSPS) is 11.1. The van der Waals surface area contributed by atoms with Crippen LogP contribution in [-0.2, 0) is 25.3 Å². The first-order valence-corrected chi connectivity index (χ1v) is 7.57. The monoisotopic (exact) mass is 296 g/mol. The second-order valence-electron chi connectivity index (χ2n) is 4.07. The summed E-state index contributed by atoms with van der Waals surface area (Å²) in [5.74, 6) is -0.867. The van der Waals surface area contributed by atoms with E-state index >= 15 is 0 Å². The Morgan fingerprint density at radius 1 is 1.45 bits per heavy atom. The van der Waals surface area contributed by atoms with Crippen molar-refractivity contribution in [1.29, 1.82) is 5.26 Å². The molecule has 0 unspecified atom stereocenters. The number of nitriles is 1. The van der Waals surface area contributed by atoms with Gasteiger partial charge < -0.3 is 4.74 Å². The maximum Gasteiger partial charge on any atom is 0.321 e. The zero-order valence-electron chi connectivity index (χ0n) is 11.4. The molecule has 0 aliphatic carbocycles. The fourth-order valence-corrected chi connectivity index (χ4v) is 3.13. The van der Waals surface area contributed by atoms with Gasteiger partial charge in [0.2, 0.25) is 10.0 Å². The Balaban J connectivity index is 2.92. The van der Waals surface area contributed by atoms with Crippen molar-refractivity contribution < 1.29 is 17.9 Å². The maximum atomic E-state index is 12.2. The minimum Gasteiger partial charge on any atom is -0.468 e. The van der Waals surface area contributed by atoms with Crippen molar-refractivity contribution in [3.63, 3.8) is 0 Å². The van der Waals surface area contributed by atoms with E-state index < -0.39 is 16.0 Å². The molecule has 0 aliphatic heterocycles. The van der Waals surface area contributed by atoms with E-state index in [1.165, 1.54) is 13.2 Å². The summed E-state index contributed by atoms with van der Waals surface area (Å²) >= 11 is 0. The van der Waals surface area contributed by atoms with Gasteiger partial charge >= 0.3 is 5.97 Å². The second kappa shape index (κ2) is 7.03. The Kier molecular flexibility index (Phi) is 5.67. The number of methoxy groups -OCH3 is 1. The standard InChI is InChI=1S/C13H16N2O4S/c1-3-15(9-13(16)19-2)20(17,18)10-12-6-4-5-11(7-12)8-14/h4-7H,3,9-10H2,1-2H3. The number of nitrogens with zero attached hydrogens (tertiary/aromatic N) is 2. The fourth-order valence-electron chi connectivity index (χ4n) is 1.65. The molecule has 108 valence electrons. The Morgan fingerprint density at radius 3 is 2.70 bits per heavy atom. The summed E-state index contributed by atoms with van der Waals surface area (Å²) in [5.41, 5.74) is 0.904. The topological polar surface area (TPSA) is 87.5 Å². The molecule has 0 spiro atoms. The summed E-state index contributed by atoms with van der Waals surface area (Å²) in [4.78, 5) is 11.2. The van der Waals surface area contributed by atoms with E-state index in [1.807, 2.05) is 6.07 Å². The zero-order chi connectivity index (χ0) is 15.2. The lowest BCUT2D eigenvalue weighted by Gasteiger charge is -2.19. The molecule has 0 atom stereocenters. The van der Waals surface area contributed by atoms with Gasteiger partial charge in [-0.1, -0.05) is 19.1 Å². The molecule has 1 aromatic rings. The molecule has 1 rings (SSSR count). The fraction of sp³-hybridized carbons (Fsp3) is 0.385. The number of sulfonamides is 1. The van der Waals surface area contributed by atoms with Crippen molar-refractivity contribution in [2.45, 2.75) is 12.7 Å². The summed E-state index contributed by atoms with van der Waals surface area (Å²) in [7, 11) is -2.43. The van der Waals surface area contributed by atoms with E-state index in [-0.39, 0.29) is 18.8 Å². The van der Waals surface area contributed by atoms with Crippen LogP contribution in [-0.4, -0.2) is 38.9 Å². The lowest BCUT2D eigenvalue weighted by atomic mass is 10.2. The summed E-state index contributed by atoms with van der Waals surface area (Å²) in [6.45, 7) is 1.51. The van der Waals surface area contributed by atoms with Crippen molar-refractivity contribution in [1.82, 2.24) is 4.31 Å². The van der Waals surface area contributed by atoms with Crippen LogP contribution in [0.1, 0.15) is 18.1 Å². The highest BCUT2D eigenvalue weighted by atomic mass is 32.2. The van der Waals surface area contributed by atoms with Crippen LogP contribution in [0.25, 0.3) is 0 Å². The van der Waals surface area contributed by atoms with Gasteiger partial charge in [0, 0.05) is 6.54 Å². The molecule has 0 aromatic heterocycles. The first-order valence-electron chi connectivity index (χ1n) is 5.96. The Hall–Kier alpha value is -1.91. The molecule has 0 amide bonds. The molecule has 0 heterocycles. The van der Waals surface area contributed by atoms with Crippen LogP contribution < -0.4 is 0 Å². The molecule has 0 saturated carbocycles. The number of likely N-dealkylation sites (N-methyl/N-ethyl adjacent to an activating group) is 1. The number of hydrogen-bond acceptors (Lipinski definition) is 5. The van der Waals surface area contributed by atoms with E-state index in [1.54, 1.807) is 25.1 Å². The SMILES string of the molecule is CCN(CC(=O)OC)S(=O)(=O)Cc1cccc(C#N)c1. The number of carbonyl (C=O) groups excluding carboxylic acids is 1. The molecule has 1 aromatic carbocycles. The van der Waals surface area contributed by atoms with Crippen LogP contribution in [0.2, 0.25) is 0 Å². The van der Waals surface area contributed by atoms with E-state index in [0.29, 0.717) is 11.1 Å². The molecule has 0 fully saturated rings. The summed E-state index contributed by atoms with van der Waals surface area (Å²) < 4.78 is 30.0. The number of esters is 1. The van der Waals surface area contributed by atoms with Gasteiger partial charge in [-0.25, -0.2) is 8.42 Å². The lowest BCUT2D eigenvalue weighted by Crippen LogP contribution is -2.36. The van der Waals surface area contributed by atoms with Gasteiger partial charge in [0.25, 0.3) is 0 Å². The van der Waals surface area contributed by atoms with E-state index in [9.17, 15) is 13.2 Å². The first-order chi connectivity index (χ1) is 9.42. The predicted octanol–water partition coefficient (Wildman–Crippen LogP) is 0.883. The summed E-state index contributed by atoms with van der Waals surface area (Å²) in [5, 5.41) is 8.80. The van der Waals surface area contributed by atoms with Gasteiger partial charge in [0.15, 0.2) is 0 Å². The maximum absolute atomic E-state index is 12.2. The van der Waals surface area contributed by atoms with Crippen molar-refractivity contribution in [2.24, 2.45) is 0 Å². The Morgan fingerprint density at radius 2 is 2.15 bits per heavy atom. The number of rotatable bonds is 6. The molecule has 7 heteroatoms. The predicted molar refractivity (Wildman–Crippen MR) is 73.0 cm³/mol. The summed E-state index contributed by atoms with van der Waals surface area (Å²) in [6.07, 6.45) is 0. The third-order valence-corrected chi connectivity index (χ3v) is 4.56. The van der Waals surface area contributed by atoms with E-state index in [0.717, 1.165) is 4.31 Å². The van der Waals surface area contributed by atoms with E-state index in [4.69, 9.17) is 5.26 Å². The third kappa shape index (κ3) is 4.33. The number of benzene rings is 1. The molecule has 0 bridgehead atoms. The van der Waals surface area contributed by atoms with Crippen LogP contribution in [0.15, 0.2) is 24.3 Å². The first kappa shape index (κ1) is 16.1. The number of carbonyl (C=O) groups is 1. The Labute approximate surface area is 118 Å². The number of ether oxygens (including phenoxy) is 1. The second-order valence-corrected chi connectivity index (χ2v) is 6.04. The van der Waals surface area contributed by atoms with Crippen molar-refractivity contribution >= 4 is 16.0 Å². The highest BCUT2D eigenvalue weighted by Gasteiger charge is 2.23. The smallest absolute Gasteiger partial charge is 0.321 e. The van der Waals surface area contributed by atoms with Gasteiger partial charge in [-0.05, 0) is 17.7 Å². The molecule has 0 N–H and O–H groups in total. The number of hydrogen-bond donors (Lipinski definition) is 0. The largest absolute Gasteiger partial charge is 0.468 e. The third-order valence-electron chi connectivity index (χ3n) is 2.68. The highest BCUT2D eigenvalue weighted by molar-refractivity contribution is 7.88. The van der Waals surface area contributed by atoms with Crippen molar-refractivity contribution in [2.75, 3.05) is 20.2 Å². The Bertz CT molecular complexity index is 620. The van der Waals surface area contributed by atoms with Crippen molar-refractivity contribution in [3.05, 3.63) is 35.4 Å². The van der Waals surface area contributed by atoms with Gasteiger partial charge in [-0.2, -0.15) is 9.57 Å². The average molecular weight is 296 g/mol.